The number of sulfonamides is 1. The van der Waals surface area contributed by atoms with E-state index in [0.29, 0.717) is 19.5 Å². The van der Waals surface area contributed by atoms with Crippen molar-refractivity contribution in [1.82, 2.24) is 9.62 Å². The molecule has 1 N–H and O–H groups in total. The SMILES string of the molecule is CNCCN(C)S(=O)(=O)CCc1cccs1. The number of hydrogen-bond donors (Lipinski definition) is 1. The van der Waals surface area contributed by atoms with E-state index >= 15 is 0 Å². The van der Waals surface area contributed by atoms with Gasteiger partial charge < -0.3 is 5.32 Å². The largest absolute Gasteiger partial charge is 0.318 e. The highest BCUT2D eigenvalue weighted by atomic mass is 32.2. The minimum Gasteiger partial charge on any atom is -0.318 e. The smallest absolute Gasteiger partial charge is 0.214 e. The van der Waals surface area contributed by atoms with Crippen LogP contribution in [0.4, 0.5) is 0 Å². The maximum absolute atomic E-state index is 11.8. The van der Waals surface area contributed by atoms with Crippen molar-refractivity contribution in [2.75, 3.05) is 32.9 Å². The molecular formula is C10H18N2O2S2. The maximum atomic E-state index is 11.8. The van der Waals surface area contributed by atoms with Gasteiger partial charge in [-0.15, -0.1) is 11.3 Å². The lowest BCUT2D eigenvalue weighted by Gasteiger charge is -2.16. The van der Waals surface area contributed by atoms with Gasteiger partial charge in [0.15, 0.2) is 0 Å². The predicted molar refractivity (Wildman–Crippen MR) is 68.4 cm³/mol. The highest BCUT2D eigenvalue weighted by Crippen LogP contribution is 2.11. The molecule has 0 radical (unpaired) electrons. The fourth-order valence-electron chi connectivity index (χ4n) is 1.25. The Morgan fingerprint density at radius 2 is 2.25 bits per heavy atom. The molecule has 0 aliphatic rings. The molecule has 0 saturated heterocycles. The summed E-state index contributed by atoms with van der Waals surface area (Å²) in [6, 6.07) is 3.91. The van der Waals surface area contributed by atoms with Crippen molar-refractivity contribution in [3.63, 3.8) is 0 Å². The summed E-state index contributed by atoms with van der Waals surface area (Å²) in [5.41, 5.74) is 0. The Balaban J connectivity index is 2.45. The lowest BCUT2D eigenvalue weighted by molar-refractivity contribution is 0.466. The molecule has 0 bridgehead atoms. The van der Waals surface area contributed by atoms with E-state index < -0.39 is 10.0 Å². The van der Waals surface area contributed by atoms with Crippen LogP contribution in [0.1, 0.15) is 4.88 Å². The van der Waals surface area contributed by atoms with Crippen LogP contribution >= 0.6 is 11.3 Å². The molecule has 0 amide bonds. The van der Waals surface area contributed by atoms with Gasteiger partial charge in [-0.05, 0) is 24.9 Å². The summed E-state index contributed by atoms with van der Waals surface area (Å²) in [5.74, 6) is 0.188. The normalized spacial score (nSPS) is 12.2. The quantitative estimate of drug-likeness (QED) is 0.790. The average molecular weight is 262 g/mol. The summed E-state index contributed by atoms with van der Waals surface area (Å²) in [6.07, 6.45) is 0.601. The fourth-order valence-corrected chi connectivity index (χ4v) is 3.25. The van der Waals surface area contributed by atoms with Crippen LogP contribution in [0.3, 0.4) is 0 Å². The van der Waals surface area contributed by atoms with Crippen LogP contribution in [0.15, 0.2) is 17.5 Å². The number of hydrogen-bond acceptors (Lipinski definition) is 4. The monoisotopic (exact) mass is 262 g/mol. The Bertz CT molecular complexity index is 387. The van der Waals surface area contributed by atoms with Gasteiger partial charge in [0, 0.05) is 25.0 Å². The summed E-state index contributed by atoms with van der Waals surface area (Å²) in [5, 5.41) is 4.90. The third-order valence-electron chi connectivity index (χ3n) is 2.34. The van der Waals surface area contributed by atoms with Crippen molar-refractivity contribution >= 4 is 21.4 Å². The molecule has 6 heteroatoms. The first-order valence-electron chi connectivity index (χ1n) is 5.17. The van der Waals surface area contributed by atoms with Crippen molar-refractivity contribution in [3.8, 4) is 0 Å². The Morgan fingerprint density at radius 3 is 2.81 bits per heavy atom. The van der Waals surface area contributed by atoms with E-state index in [4.69, 9.17) is 0 Å². The van der Waals surface area contributed by atoms with Gasteiger partial charge in [-0.1, -0.05) is 6.07 Å². The van der Waals surface area contributed by atoms with Crippen LogP contribution in [0.2, 0.25) is 0 Å². The Hall–Kier alpha value is -0.430. The second-order valence-electron chi connectivity index (χ2n) is 3.57. The lowest BCUT2D eigenvalue weighted by Crippen LogP contribution is -2.34. The summed E-state index contributed by atoms with van der Waals surface area (Å²) in [4.78, 5) is 1.12. The summed E-state index contributed by atoms with van der Waals surface area (Å²) < 4.78 is 25.1. The first-order valence-corrected chi connectivity index (χ1v) is 7.66. The van der Waals surface area contributed by atoms with E-state index in [1.165, 1.54) is 4.31 Å². The highest BCUT2D eigenvalue weighted by Gasteiger charge is 2.16. The van der Waals surface area contributed by atoms with E-state index in [-0.39, 0.29) is 5.75 Å². The summed E-state index contributed by atoms with van der Waals surface area (Å²) in [7, 11) is 0.329. The minimum atomic E-state index is -3.11. The van der Waals surface area contributed by atoms with Crippen molar-refractivity contribution < 1.29 is 8.42 Å². The Morgan fingerprint density at radius 1 is 1.50 bits per heavy atom. The molecule has 0 saturated carbocycles. The van der Waals surface area contributed by atoms with Crippen molar-refractivity contribution in [3.05, 3.63) is 22.4 Å². The van der Waals surface area contributed by atoms with E-state index in [9.17, 15) is 8.42 Å². The zero-order chi connectivity index (χ0) is 12.0. The van der Waals surface area contributed by atoms with E-state index in [1.807, 2.05) is 24.6 Å². The molecule has 0 aromatic carbocycles. The molecule has 0 spiro atoms. The first-order chi connectivity index (χ1) is 7.56. The third kappa shape index (κ3) is 4.21. The average Bonchev–Trinajstić information content (AvgIpc) is 2.76. The van der Waals surface area contributed by atoms with Crippen LogP contribution in [0.25, 0.3) is 0 Å². The molecule has 0 aliphatic heterocycles. The standard InChI is InChI=1S/C10H18N2O2S2/c1-11-6-7-12(2)16(13,14)9-5-10-4-3-8-15-10/h3-4,8,11H,5-7,9H2,1-2H3. The molecule has 0 unspecified atom stereocenters. The van der Waals surface area contributed by atoms with Gasteiger partial charge in [-0.2, -0.15) is 0 Å². The van der Waals surface area contributed by atoms with E-state index in [1.54, 1.807) is 18.4 Å². The Labute approximate surface area is 101 Å². The Kier molecular flexibility index (Phi) is 5.40. The molecule has 0 atom stereocenters. The van der Waals surface area contributed by atoms with Crippen LogP contribution in [-0.2, 0) is 16.4 Å². The summed E-state index contributed by atoms with van der Waals surface area (Å²) in [6.45, 7) is 1.19. The van der Waals surface area contributed by atoms with E-state index in [0.717, 1.165) is 4.88 Å². The summed E-state index contributed by atoms with van der Waals surface area (Å²) >= 11 is 1.60. The molecule has 4 nitrogen and oxygen atoms in total. The third-order valence-corrected chi connectivity index (χ3v) is 5.13. The molecule has 1 aromatic heterocycles. The number of aryl methyl sites for hydroxylation is 1. The number of thiophene rings is 1. The van der Waals surface area contributed by atoms with Gasteiger partial charge >= 0.3 is 0 Å². The number of rotatable bonds is 7. The highest BCUT2D eigenvalue weighted by molar-refractivity contribution is 7.89. The topological polar surface area (TPSA) is 49.4 Å². The zero-order valence-corrected chi connectivity index (χ0v) is 11.3. The van der Waals surface area contributed by atoms with Crippen molar-refractivity contribution in [2.45, 2.75) is 6.42 Å². The van der Waals surface area contributed by atoms with Crippen LogP contribution < -0.4 is 5.32 Å². The van der Waals surface area contributed by atoms with Gasteiger partial charge in [0.25, 0.3) is 0 Å². The van der Waals surface area contributed by atoms with Crippen LogP contribution in [-0.4, -0.2) is 45.7 Å². The molecule has 0 aliphatic carbocycles. The molecule has 1 aromatic rings. The van der Waals surface area contributed by atoms with E-state index in [2.05, 4.69) is 5.32 Å². The molecule has 1 heterocycles. The van der Waals surface area contributed by atoms with Gasteiger partial charge in [-0.25, -0.2) is 12.7 Å². The van der Waals surface area contributed by atoms with Gasteiger partial charge in [0.2, 0.25) is 10.0 Å². The van der Waals surface area contributed by atoms with Gasteiger partial charge in [-0.3, -0.25) is 0 Å². The predicted octanol–water partition coefficient (Wildman–Crippen LogP) is 0.772. The first kappa shape index (κ1) is 13.6. The fraction of sp³-hybridized carbons (Fsp3) is 0.600. The number of likely N-dealkylation sites (N-methyl/N-ethyl adjacent to an activating group) is 2. The molecule has 92 valence electrons. The number of nitrogens with one attached hydrogen (secondary N) is 1. The zero-order valence-electron chi connectivity index (χ0n) is 9.64. The van der Waals surface area contributed by atoms with Gasteiger partial charge in [0.05, 0.1) is 5.75 Å². The lowest BCUT2D eigenvalue weighted by atomic mass is 10.4. The van der Waals surface area contributed by atoms with Crippen molar-refractivity contribution in [2.24, 2.45) is 0 Å². The maximum Gasteiger partial charge on any atom is 0.214 e. The molecule has 1 rings (SSSR count). The van der Waals surface area contributed by atoms with Crippen LogP contribution in [0, 0.1) is 0 Å². The molecular weight excluding hydrogens is 244 g/mol. The second-order valence-corrected chi connectivity index (χ2v) is 6.80. The van der Waals surface area contributed by atoms with Gasteiger partial charge in [0.1, 0.15) is 0 Å². The van der Waals surface area contributed by atoms with Crippen molar-refractivity contribution in [1.29, 1.82) is 0 Å². The second kappa shape index (κ2) is 6.34. The minimum absolute atomic E-state index is 0.188. The number of nitrogens with zero attached hydrogens (tertiary/aromatic N) is 1. The molecule has 0 fully saturated rings. The van der Waals surface area contributed by atoms with Crippen LogP contribution in [0.5, 0.6) is 0 Å². The molecule has 16 heavy (non-hydrogen) atoms.